The van der Waals surface area contributed by atoms with Crippen LogP contribution in [0.4, 0.5) is 5.95 Å². The Bertz CT molecular complexity index is 697. The van der Waals surface area contributed by atoms with Crippen molar-refractivity contribution in [2.45, 2.75) is 26.4 Å². The predicted octanol–water partition coefficient (Wildman–Crippen LogP) is 1.78. The number of rotatable bonds is 3. The fourth-order valence-corrected chi connectivity index (χ4v) is 2.28. The first-order valence-corrected chi connectivity index (χ1v) is 6.23. The number of fused-ring (bicyclic) bond motifs is 1. The number of nitrogens with two attached hydrogens (primary N) is 1. The molecule has 0 aliphatic heterocycles. The molecule has 0 aliphatic carbocycles. The van der Waals surface area contributed by atoms with Crippen LogP contribution < -0.4 is 5.73 Å². The molecule has 0 fully saturated rings. The van der Waals surface area contributed by atoms with Gasteiger partial charge in [-0.05, 0) is 32.0 Å². The topological polar surface area (TPSA) is 74.5 Å². The van der Waals surface area contributed by atoms with Gasteiger partial charge in [0.15, 0.2) is 5.65 Å². The normalized spacial score (nSPS) is 12.9. The van der Waals surface area contributed by atoms with E-state index in [-0.39, 0.29) is 6.04 Å². The number of hydrogen-bond donors (Lipinski definition) is 1. The zero-order valence-electron chi connectivity index (χ0n) is 11.0. The maximum Gasteiger partial charge on any atom is 0.202 e. The number of aryl methyl sites for hydroxylation is 1. The third-order valence-corrected chi connectivity index (χ3v) is 3.16. The second-order valence-electron chi connectivity index (χ2n) is 4.71. The van der Waals surface area contributed by atoms with Crippen LogP contribution in [0.1, 0.15) is 18.7 Å². The molecule has 1 atom stereocenters. The molecular weight excluding hydrogens is 240 g/mol. The maximum absolute atomic E-state index is 6.02. The van der Waals surface area contributed by atoms with Crippen LogP contribution in [-0.4, -0.2) is 24.3 Å². The number of aromatic nitrogens is 5. The van der Waals surface area contributed by atoms with E-state index in [1.165, 1.54) is 0 Å². The number of anilines is 1. The van der Waals surface area contributed by atoms with Crippen molar-refractivity contribution in [3.8, 4) is 0 Å². The van der Waals surface area contributed by atoms with E-state index in [4.69, 9.17) is 5.73 Å². The lowest BCUT2D eigenvalue weighted by molar-refractivity contribution is 0.448. The van der Waals surface area contributed by atoms with E-state index >= 15 is 0 Å². The molecule has 6 heteroatoms. The van der Waals surface area contributed by atoms with E-state index in [9.17, 15) is 0 Å². The standard InChI is InChI=1S/C13H16N6/c1-9-4-5-11-12(16-9)19(13(14)17-11)10(2)8-18-7-3-6-15-18/h3-7,10H,8H2,1-2H3,(H2,14,17). The summed E-state index contributed by atoms with van der Waals surface area (Å²) in [5.74, 6) is 0.493. The fraction of sp³-hybridized carbons (Fsp3) is 0.308. The van der Waals surface area contributed by atoms with Crippen molar-refractivity contribution in [3.05, 3.63) is 36.3 Å². The van der Waals surface area contributed by atoms with Gasteiger partial charge in [-0.25, -0.2) is 9.97 Å². The fourth-order valence-electron chi connectivity index (χ4n) is 2.28. The van der Waals surface area contributed by atoms with Crippen LogP contribution in [0.2, 0.25) is 0 Å². The summed E-state index contributed by atoms with van der Waals surface area (Å²) in [5, 5.41) is 4.22. The van der Waals surface area contributed by atoms with Crippen molar-refractivity contribution < 1.29 is 0 Å². The van der Waals surface area contributed by atoms with Crippen LogP contribution in [0.15, 0.2) is 30.6 Å². The molecule has 3 aromatic rings. The van der Waals surface area contributed by atoms with Gasteiger partial charge in [0.05, 0.1) is 12.6 Å². The number of pyridine rings is 1. The summed E-state index contributed by atoms with van der Waals surface area (Å²) in [6, 6.07) is 5.94. The highest BCUT2D eigenvalue weighted by Crippen LogP contribution is 2.22. The van der Waals surface area contributed by atoms with Crippen LogP contribution >= 0.6 is 0 Å². The Hall–Kier alpha value is -2.37. The van der Waals surface area contributed by atoms with E-state index < -0.39 is 0 Å². The lowest BCUT2D eigenvalue weighted by Gasteiger charge is -2.15. The Morgan fingerprint density at radius 2 is 2.16 bits per heavy atom. The van der Waals surface area contributed by atoms with Crippen LogP contribution in [0.3, 0.4) is 0 Å². The van der Waals surface area contributed by atoms with Gasteiger partial charge in [-0.1, -0.05) is 0 Å². The minimum Gasteiger partial charge on any atom is -0.369 e. The van der Waals surface area contributed by atoms with E-state index in [0.29, 0.717) is 5.95 Å². The first-order valence-electron chi connectivity index (χ1n) is 6.23. The number of hydrogen-bond acceptors (Lipinski definition) is 4. The second kappa shape index (κ2) is 4.38. The molecular formula is C13H16N6. The zero-order chi connectivity index (χ0) is 13.4. The molecule has 6 nitrogen and oxygen atoms in total. The highest BCUT2D eigenvalue weighted by molar-refractivity contribution is 5.74. The van der Waals surface area contributed by atoms with E-state index in [1.54, 1.807) is 6.20 Å². The van der Waals surface area contributed by atoms with Crippen molar-refractivity contribution in [2.24, 2.45) is 0 Å². The third kappa shape index (κ3) is 2.05. The number of imidazole rings is 1. The molecule has 0 aromatic carbocycles. The molecule has 1 unspecified atom stereocenters. The van der Waals surface area contributed by atoms with Gasteiger partial charge in [0, 0.05) is 18.1 Å². The van der Waals surface area contributed by atoms with Gasteiger partial charge in [-0.2, -0.15) is 5.10 Å². The summed E-state index contributed by atoms with van der Waals surface area (Å²) >= 11 is 0. The van der Waals surface area contributed by atoms with Gasteiger partial charge >= 0.3 is 0 Å². The monoisotopic (exact) mass is 256 g/mol. The van der Waals surface area contributed by atoms with E-state index in [2.05, 4.69) is 22.0 Å². The molecule has 3 aromatic heterocycles. The molecule has 98 valence electrons. The molecule has 0 bridgehead atoms. The van der Waals surface area contributed by atoms with Gasteiger partial charge in [-0.3, -0.25) is 9.25 Å². The van der Waals surface area contributed by atoms with E-state index in [0.717, 1.165) is 23.4 Å². The summed E-state index contributed by atoms with van der Waals surface area (Å²) in [6.45, 7) is 4.78. The summed E-state index contributed by atoms with van der Waals surface area (Å²) in [4.78, 5) is 8.89. The highest BCUT2D eigenvalue weighted by atomic mass is 15.3. The lowest BCUT2D eigenvalue weighted by atomic mass is 10.3. The van der Waals surface area contributed by atoms with Crippen molar-refractivity contribution in [2.75, 3.05) is 5.73 Å². The smallest absolute Gasteiger partial charge is 0.202 e. The minimum absolute atomic E-state index is 0.138. The van der Waals surface area contributed by atoms with E-state index in [1.807, 2.05) is 40.6 Å². The van der Waals surface area contributed by atoms with Gasteiger partial charge in [0.1, 0.15) is 5.52 Å². The summed E-state index contributed by atoms with van der Waals surface area (Å²) in [5.41, 5.74) is 8.63. The average Bonchev–Trinajstić information content (AvgIpc) is 2.95. The summed E-state index contributed by atoms with van der Waals surface area (Å²) < 4.78 is 3.84. The van der Waals surface area contributed by atoms with Crippen molar-refractivity contribution in [1.29, 1.82) is 0 Å². The second-order valence-corrected chi connectivity index (χ2v) is 4.71. The van der Waals surface area contributed by atoms with Gasteiger partial charge in [0.25, 0.3) is 0 Å². The molecule has 0 aliphatic rings. The Morgan fingerprint density at radius 1 is 1.32 bits per heavy atom. The summed E-state index contributed by atoms with van der Waals surface area (Å²) in [6.07, 6.45) is 3.70. The number of nitrogen functional groups attached to an aromatic ring is 1. The van der Waals surface area contributed by atoms with Crippen molar-refractivity contribution in [1.82, 2.24) is 24.3 Å². The molecule has 19 heavy (non-hydrogen) atoms. The number of nitrogens with zero attached hydrogens (tertiary/aromatic N) is 5. The highest BCUT2D eigenvalue weighted by Gasteiger charge is 2.15. The first-order chi connectivity index (χ1) is 9.15. The lowest BCUT2D eigenvalue weighted by Crippen LogP contribution is -2.16. The van der Waals surface area contributed by atoms with Crippen LogP contribution in [-0.2, 0) is 6.54 Å². The largest absolute Gasteiger partial charge is 0.369 e. The predicted molar refractivity (Wildman–Crippen MR) is 73.6 cm³/mol. The van der Waals surface area contributed by atoms with Gasteiger partial charge < -0.3 is 5.73 Å². The molecule has 3 rings (SSSR count). The first kappa shape index (κ1) is 11.7. The minimum atomic E-state index is 0.138. The summed E-state index contributed by atoms with van der Waals surface area (Å²) in [7, 11) is 0. The third-order valence-electron chi connectivity index (χ3n) is 3.16. The van der Waals surface area contributed by atoms with Crippen molar-refractivity contribution in [3.63, 3.8) is 0 Å². The molecule has 3 heterocycles. The molecule has 2 N–H and O–H groups in total. The van der Waals surface area contributed by atoms with Gasteiger partial charge in [-0.15, -0.1) is 0 Å². The Labute approximate surface area is 110 Å². The average molecular weight is 256 g/mol. The van der Waals surface area contributed by atoms with Crippen molar-refractivity contribution >= 4 is 17.1 Å². The maximum atomic E-state index is 6.02. The Kier molecular flexibility index (Phi) is 2.70. The van der Waals surface area contributed by atoms with Crippen LogP contribution in [0.25, 0.3) is 11.2 Å². The van der Waals surface area contributed by atoms with Crippen LogP contribution in [0.5, 0.6) is 0 Å². The Balaban J connectivity index is 2.03. The molecule has 0 spiro atoms. The quantitative estimate of drug-likeness (QED) is 0.775. The molecule has 0 radical (unpaired) electrons. The zero-order valence-corrected chi connectivity index (χ0v) is 11.0. The molecule has 0 amide bonds. The Morgan fingerprint density at radius 3 is 2.89 bits per heavy atom. The van der Waals surface area contributed by atoms with Gasteiger partial charge in [0.2, 0.25) is 5.95 Å². The SMILES string of the molecule is Cc1ccc2nc(N)n(C(C)Cn3cccn3)c2n1. The molecule has 0 saturated carbocycles. The molecule has 0 saturated heterocycles. The van der Waals surface area contributed by atoms with Crippen LogP contribution in [0, 0.1) is 6.92 Å².